The molecule has 0 aliphatic rings. The van der Waals surface area contributed by atoms with Crippen LogP contribution >= 0.6 is 0 Å². The van der Waals surface area contributed by atoms with Gasteiger partial charge in [-0.3, -0.25) is 19.9 Å². The van der Waals surface area contributed by atoms with E-state index in [-0.39, 0.29) is 17.9 Å². The van der Waals surface area contributed by atoms with Crippen molar-refractivity contribution < 1.29 is 9.90 Å². The van der Waals surface area contributed by atoms with E-state index in [0.29, 0.717) is 11.6 Å². The van der Waals surface area contributed by atoms with E-state index < -0.39 is 11.5 Å². The number of nitrogens with one attached hydrogen (secondary N) is 3. The minimum absolute atomic E-state index is 0.143. The number of nitrogens with zero attached hydrogens (tertiary/aromatic N) is 2. The van der Waals surface area contributed by atoms with Crippen LogP contribution in [0.25, 0.3) is 11.0 Å². The van der Waals surface area contributed by atoms with Gasteiger partial charge in [0.15, 0.2) is 0 Å². The number of anilines is 2. The van der Waals surface area contributed by atoms with Crippen LogP contribution in [0.4, 0.5) is 11.9 Å². The van der Waals surface area contributed by atoms with Crippen LogP contribution in [-0.2, 0) is 11.2 Å². The average molecular weight is 327 g/mol. The van der Waals surface area contributed by atoms with Gasteiger partial charge in [-0.1, -0.05) is 6.07 Å². The first kappa shape index (κ1) is 15.7. The first-order valence-corrected chi connectivity index (χ1v) is 7.39. The number of hydrogen-bond donors (Lipinski definition) is 4. The average Bonchev–Trinajstić information content (AvgIpc) is 2.90. The third kappa shape index (κ3) is 2.85. The van der Waals surface area contributed by atoms with Crippen LogP contribution in [0.2, 0.25) is 0 Å². The van der Waals surface area contributed by atoms with Gasteiger partial charge in [0.2, 0.25) is 11.9 Å². The third-order valence-corrected chi connectivity index (χ3v) is 3.97. The fourth-order valence-electron chi connectivity index (χ4n) is 2.51. The maximum absolute atomic E-state index is 12.0. The molecule has 3 rings (SSSR count). The Labute approximate surface area is 137 Å². The molecule has 8 heteroatoms. The molecule has 0 spiro atoms. The summed E-state index contributed by atoms with van der Waals surface area (Å²) in [5, 5.41) is 11.8. The molecular weight excluding hydrogens is 310 g/mol. The number of benzene rings is 1. The van der Waals surface area contributed by atoms with Crippen LogP contribution < -0.4 is 10.9 Å². The smallest absolute Gasteiger partial charge is 0.308 e. The Bertz CT molecular complexity index is 1000. The Hall–Kier alpha value is -3.16. The summed E-state index contributed by atoms with van der Waals surface area (Å²) < 4.78 is 0. The van der Waals surface area contributed by atoms with Crippen LogP contribution in [0.15, 0.2) is 16.9 Å². The molecule has 24 heavy (non-hydrogen) atoms. The van der Waals surface area contributed by atoms with E-state index in [9.17, 15) is 9.59 Å². The quantitative estimate of drug-likeness (QED) is 0.580. The van der Waals surface area contributed by atoms with E-state index in [1.807, 2.05) is 26.0 Å². The number of aliphatic carboxylic acids is 1. The van der Waals surface area contributed by atoms with Gasteiger partial charge in [-0.25, -0.2) is 9.97 Å². The second-order valence-corrected chi connectivity index (χ2v) is 5.66. The second kappa shape index (κ2) is 5.80. The van der Waals surface area contributed by atoms with Gasteiger partial charge in [0, 0.05) is 5.56 Å². The standard InChI is InChI=1S/C16H17N5O3/c1-7-4-5-11-13(8(7)2)19-16(18-11)21-15-17-9(3)10(6-12(22)23)14(24)20-15/h4-5H,6H2,1-3H3,(H,22,23)(H3,17,18,19,20,21,24). The van der Waals surface area contributed by atoms with Gasteiger partial charge in [0.25, 0.3) is 5.56 Å². The van der Waals surface area contributed by atoms with E-state index in [1.54, 1.807) is 6.92 Å². The minimum Gasteiger partial charge on any atom is -0.481 e. The highest BCUT2D eigenvalue weighted by Crippen LogP contribution is 2.22. The van der Waals surface area contributed by atoms with Crippen LogP contribution in [0.3, 0.4) is 0 Å². The molecule has 124 valence electrons. The summed E-state index contributed by atoms with van der Waals surface area (Å²) in [5.41, 5.74) is 3.97. The molecule has 0 bridgehead atoms. The monoisotopic (exact) mass is 327 g/mol. The normalized spacial score (nSPS) is 11.0. The summed E-state index contributed by atoms with van der Waals surface area (Å²) in [4.78, 5) is 37.2. The number of hydrogen-bond acceptors (Lipinski definition) is 5. The summed E-state index contributed by atoms with van der Waals surface area (Å²) in [6.45, 7) is 5.61. The summed E-state index contributed by atoms with van der Waals surface area (Å²) in [6, 6.07) is 3.94. The summed E-state index contributed by atoms with van der Waals surface area (Å²) >= 11 is 0. The molecule has 0 amide bonds. The molecule has 0 atom stereocenters. The van der Waals surface area contributed by atoms with Gasteiger partial charge >= 0.3 is 5.97 Å². The van der Waals surface area contributed by atoms with Gasteiger partial charge in [-0.2, -0.15) is 0 Å². The Morgan fingerprint density at radius 3 is 2.54 bits per heavy atom. The second-order valence-electron chi connectivity index (χ2n) is 5.66. The lowest BCUT2D eigenvalue weighted by molar-refractivity contribution is -0.136. The molecule has 3 aromatic rings. The van der Waals surface area contributed by atoms with E-state index in [4.69, 9.17) is 5.11 Å². The Kier molecular flexibility index (Phi) is 3.80. The number of aromatic nitrogens is 4. The first-order valence-electron chi connectivity index (χ1n) is 7.39. The Balaban J connectivity index is 1.95. The predicted octanol–water partition coefficient (Wildman–Crippen LogP) is 1.94. The number of carbonyl (C=O) groups is 1. The predicted molar refractivity (Wildman–Crippen MR) is 89.8 cm³/mol. The number of aromatic amines is 2. The van der Waals surface area contributed by atoms with Crippen molar-refractivity contribution in [2.24, 2.45) is 0 Å². The lowest BCUT2D eigenvalue weighted by Crippen LogP contribution is -2.21. The highest BCUT2D eigenvalue weighted by molar-refractivity contribution is 5.82. The maximum atomic E-state index is 12.0. The zero-order chi connectivity index (χ0) is 17.4. The number of rotatable bonds is 4. The van der Waals surface area contributed by atoms with Gasteiger partial charge in [-0.05, 0) is 38.0 Å². The number of imidazole rings is 1. The van der Waals surface area contributed by atoms with Crippen molar-refractivity contribution in [3.8, 4) is 0 Å². The highest BCUT2D eigenvalue weighted by Gasteiger charge is 2.13. The van der Waals surface area contributed by atoms with Crippen molar-refractivity contribution in [1.29, 1.82) is 0 Å². The molecular formula is C16H17N5O3. The van der Waals surface area contributed by atoms with Crippen molar-refractivity contribution >= 4 is 28.9 Å². The number of H-pyrrole nitrogens is 2. The number of carboxylic acid groups (broad SMARTS) is 1. The molecule has 0 radical (unpaired) electrons. The molecule has 0 aliphatic carbocycles. The fourth-order valence-corrected chi connectivity index (χ4v) is 2.51. The van der Waals surface area contributed by atoms with Crippen molar-refractivity contribution in [2.75, 3.05) is 5.32 Å². The molecule has 2 aromatic heterocycles. The van der Waals surface area contributed by atoms with Crippen molar-refractivity contribution in [2.45, 2.75) is 27.2 Å². The molecule has 0 saturated carbocycles. The summed E-state index contributed by atoms with van der Waals surface area (Å²) in [5.74, 6) is -0.415. The SMILES string of the molecule is Cc1ccc2[nH]c(Nc3nc(C)c(CC(=O)O)c(=O)[nH]3)nc2c1C. The van der Waals surface area contributed by atoms with Crippen molar-refractivity contribution in [1.82, 2.24) is 19.9 Å². The van der Waals surface area contributed by atoms with E-state index in [2.05, 4.69) is 25.3 Å². The molecule has 1 aromatic carbocycles. The summed E-state index contributed by atoms with van der Waals surface area (Å²) in [6.07, 6.45) is -0.364. The maximum Gasteiger partial charge on any atom is 0.308 e. The highest BCUT2D eigenvalue weighted by atomic mass is 16.4. The number of fused-ring (bicyclic) bond motifs is 1. The Morgan fingerprint density at radius 2 is 1.88 bits per heavy atom. The van der Waals surface area contributed by atoms with Gasteiger partial charge in [-0.15, -0.1) is 0 Å². The van der Waals surface area contributed by atoms with Crippen LogP contribution in [-0.4, -0.2) is 31.0 Å². The summed E-state index contributed by atoms with van der Waals surface area (Å²) in [7, 11) is 0. The lowest BCUT2D eigenvalue weighted by Gasteiger charge is -2.06. The lowest BCUT2D eigenvalue weighted by atomic mass is 10.1. The fraction of sp³-hybridized carbons (Fsp3) is 0.250. The first-order chi connectivity index (χ1) is 11.3. The molecule has 4 N–H and O–H groups in total. The minimum atomic E-state index is -1.07. The van der Waals surface area contributed by atoms with Crippen LogP contribution in [0.5, 0.6) is 0 Å². The van der Waals surface area contributed by atoms with Crippen molar-refractivity contribution in [3.63, 3.8) is 0 Å². The van der Waals surface area contributed by atoms with Gasteiger partial charge < -0.3 is 10.1 Å². The number of aryl methyl sites for hydroxylation is 3. The van der Waals surface area contributed by atoms with E-state index in [1.165, 1.54) is 0 Å². The molecule has 2 heterocycles. The van der Waals surface area contributed by atoms with E-state index >= 15 is 0 Å². The van der Waals surface area contributed by atoms with E-state index in [0.717, 1.165) is 22.2 Å². The Morgan fingerprint density at radius 1 is 1.17 bits per heavy atom. The molecule has 0 fully saturated rings. The zero-order valence-corrected chi connectivity index (χ0v) is 13.5. The molecule has 0 aliphatic heterocycles. The zero-order valence-electron chi connectivity index (χ0n) is 13.5. The largest absolute Gasteiger partial charge is 0.481 e. The van der Waals surface area contributed by atoms with Crippen molar-refractivity contribution in [3.05, 3.63) is 44.9 Å². The topological polar surface area (TPSA) is 124 Å². The van der Waals surface area contributed by atoms with Gasteiger partial charge in [0.05, 0.1) is 23.1 Å². The van der Waals surface area contributed by atoms with Crippen LogP contribution in [0.1, 0.15) is 22.4 Å². The van der Waals surface area contributed by atoms with Crippen LogP contribution in [0, 0.1) is 20.8 Å². The molecule has 8 nitrogen and oxygen atoms in total. The molecule has 0 saturated heterocycles. The number of carboxylic acids is 1. The molecule has 0 unspecified atom stereocenters. The third-order valence-electron chi connectivity index (χ3n) is 3.97. The van der Waals surface area contributed by atoms with Gasteiger partial charge in [0.1, 0.15) is 0 Å².